The standard InChI is InChI=1S/C19H26O3/c1-10-5-6-13-14(19(13,3)4)7-8-15(20)12-9-11(2)18(22)16(12)17(10)21/h5,7-8,11-14,16,18,22H,6,9H2,1-4H3/t11-,12-,13-,14+,16-,18-/m0/s1. The van der Waals surface area contributed by atoms with Gasteiger partial charge in [-0.1, -0.05) is 32.9 Å². The van der Waals surface area contributed by atoms with Crippen LogP contribution in [0.3, 0.4) is 0 Å². The number of carbonyl (C=O) groups excluding carboxylic acids is 2. The molecule has 3 aliphatic carbocycles. The van der Waals surface area contributed by atoms with Gasteiger partial charge in [-0.3, -0.25) is 9.59 Å². The van der Waals surface area contributed by atoms with Crippen LogP contribution in [0.2, 0.25) is 0 Å². The van der Waals surface area contributed by atoms with Crippen LogP contribution in [0.1, 0.15) is 40.5 Å². The maximum atomic E-state index is 12.7. The van der Waals surface area contributed by atoms with Crippen LogP contribution in [0.25, 0.3) is 0 Å². The Morgan fingerprint density at radius 2 is 1.95 bits per heavy atom. The number of fused-ring (bicyclic) bond motifs is 2. The number of carbonyl (C=O) groups is 2. The van der Waals surface area contributed by atoms with E-state index in [-0.39, 0.29) is 28.8 Å². The topological polar surface area (TPSA) is 54.4 Å². The number of hydrogen-bond donors (Lipinski definition) is 1. The van der Waals surface area contributed by atoms with Gasteiger partial charge < -0.3 is 5.11 Å². The fourth-order valence-electron chi connectivity index (χ4n) is 4.52. The van der Waals surface area contributed by atoms with Crippen LogP contribution in [-0.4, -0.2) is 22.8 Å². The molecule has 2 fully saturated rings. The monoisotopic (exact) mass is 302 g/mol. The number of allylic oxidation sites excluding steroid dienone is 4. The zero-order valence-corrected chi connectivity index (χ0v) is 13.9. The van der Waals surface area contributed by atoms with E-state index in [2.05, 4.69) is 13.8 Å². The molecule has 3 aliphatic rings. The summed E-state index contributed by atoms with van der Waals surface area (Å²) in [5.41, 5.74) is 0.914. The molecule has 3 heteroatoms. The van der Waals surface area contributed by atoms with Crippen LogP contribution in [0.15, 0.2) is 23.8 Å². The van der Waals surface area contributed by atoms with Gasteiger partial charge in [-0.25, -0.2) is 0 Å². The van der Waals surface area contributed by atoms with Crippen molar-refractivity contribution in [3.8, 4) is 0 Å². The van der Waals surface area contributed by atoms with E-state index in [1.807, 2.05) is 26.0 Å². The molecule has 0 radical (unpaired) electrons. The fourth-order valence-corrected chi connectivity index (χ4v) is 4.52. The molecule has 1 N–H and O–H groups in total. The van der Waals surface area contributed by atoms with Crippen molar-refractivity contribution in [1.29, 1.82) is 0 Å². The van der Waals surface area contributed by atoms with E-state index in [9.17, 15) is 14.7 Å². The van der Waals surface area contributed by atoms with Crippen molar-refractivity contribution in [2.45, 2.75) is 46.6 Å². The lowest BCUT2D eigenvalue weighted by atomic mass is 9.84. The van der Waals surface area contributed by atoms with E-state index in [1.165, 1.54) is 0 Å². The molecule has 0 heterocycles. The van der Waals surface area contributed by atoms with Gasteiger partial charge in [0.25, 0.3) is 0 Å². The lowest BCUT2D eigenvalue weighted by Gasteiger charge is -2.20. The highest BCUT2D eigenvalue weighted by molar-refractivity contribution is 6.03. The number of hydrogen-bond acceptors (Lipinski definition) is 3. The third-order valence-electron chi connectivity index (χ3n) is 6.35. The van der Waals surface area contributed by atoms with Crippen LogP contribution in [0, 0.1) is 35.0 Å². The molecule has 0 aromatic rings. The van der Waals surface area contributed by atoms with E-state index >= 15 is 0 Å². The normalized spacial score (nSPS) is 44.0. The van der Waals surface area contributed by atoms with Crippen LogP contribution >= 0.6 is 0 Å². The first kappa shape index (κ1) is 15.7. The van der Waals surface area contributed by atoms with Gasteiger partial charge in [0.05, 0.1) is 12.0 Å². The van der Waals surface area contributed by atoms with Crippen LogP contribution < -0.4 is 0 Å². The highest BCUT2D eigenvalue weighted by atomic mass is 16.3. The molecule has 0 amide bonds. The zero-order chi connectivity index (χ0) is 16.2. The molecule has 120 valence electrons. The summed E-state index contributed by atoms with van der Waals surface area (Å²) in [6.45, 7) is 8.19. The van der Waals surface area contributed by atoms with Gasteiger partial charge in [0.1, 0.15) is 0 Å². The van der Waals surface area contributed by atoms with E-state index in [0.717, 1.165) is 6.42 Å². The Kier molecular flexibility index (Phi) is 3.67. The van der Waals surface area contributed by atoms with Crippen molar-refractivity contribution in [1.82, 2.24) is 0 Å². The Hall–Kier alpha value is -1.22. The Morgan fingerprint density at radius 1 is 1.27 bits per heavy atom. The van der Waals surface area contributed by atoms with Crippen molar-refractivity contribution >= 4 is 11.6 Å². The summed E-state index contributed by atoms with van der Waals surface area (Å²) in [5, 5.41) is 10.4. The molecule has 0 aromatic heterocycles. The summed E-state index contributed by atoms with van der Waals surface area (Å²) in [7, 11) is 0. The molecule has 0 aromatic carbocycles. The minimum Gasteiger partial charge on any atom is -0.392 e. The molecular weight excluding hydrogens is 276 g/mol. The van der Waals surface area contributed by atoms with Gasteiger partial charge in [-0.2, -0.15) is 0 Å². The summed E-state index contributed by atoms with van der Waals surface area (Å²) in [5.74, 6) is -0.0473. The van der Waals surface area contributed by atoms with Crippen molar-refractivity contribution < 1.29 is 14.7 Å². The summed E-state index contributed by atoms with van der Waals surface area (Å²) < 4.78 is 0. The first-order valence-corrected chi connectivity index (χ1v) is 8.36. The quantitative estimate of drug-likeness (QED) is 0.748. The van der Waals surface area contributed by atoms with Gasteiger partial charge in [0.2, 0.25) is 0 Å². The van der Waals surface area contributed by atoms with Crippen LogP contribution in [0.4, 0.5) is 0 Å². The maximum Gasteiger partial charge on any atom is 0.164 e. The van der Waals surface area contributed by atoms with E-state index in [1.54, 1.807) is 6.08 Å². The Morgan fingerprint density at radius 3 is 2.64 bits per heavy atom. The van der Waals surface area contributed by atoms with Gasteiger partial charge in [0, 0.05) is 5.92 Å². The first-order valence-electron chi connectivity index (χ1n) is 8.36. The van der Waals surface area contributed by atoms with Crippen LogP contribution in [0.5, 0.6) is 0 Å². The summed E-state index contributed by atoms with van der Waals surface area (Å²) in [6, 6.07) is 0. The second-order valence-corrected chi connectivity index (χ2v) is 8.04. The summed E-state index contributed by atoms with van der Waals surface area (Å²) in [4.78, 5) is 25.3. The van der Waals surface area contributed by atoms with Gasteiger partial charge >= 0.3 is 0 Å². The first-order chi connectivity index (χ1) is 10.2. The van der Waals surface area contributed by atoms with Crippen molar-refractivity contribution in [3.63, 3.8) is 0 Å². The van der Waals surface area contributed by atoms with E-state index in [0.29, 0.717) is 23.8 Å². The van der Waals surface area contributed by atoms with Gasteiger partial charge in [-0.15, -0.1) is 0 Å². The molecule has 0 aliphatic heterocycles. The largest absolute Gasteiger partial charge is 0.392 e. The highest BCUT2D eigenvalue weighted by Gasteiger charge is 2.55. The minimum absolute atomic E-state index is 0.00263. The number of Topliss-reactive ketones (excluding diaryl/α,β-unsaturated/α-hetero) is 1. The summed E-state index contributed by atoms with van der Waals surface area (Å²) in [6.07, 6.45) is 6.51. The SMILES string of the molecule is CC1=CC[C@H]2[C@@H](C=CC(=O)[C@@H]3C[C@H](C)[C@H](O)[C@@H]3C1=O)C2(C)C. The Balaban J connectivity index is 1.97. The molecule has 0 bridgehead atoms. The average Bonchev–Trinajstić information content (AvgIpc) is 2.84. The Bertz CT molecular complexity index is 569. The Labute approximate surface area is 132 Å². The van der Waals surface area contributed by atoms with Crippen molar-refractivity contribution in [2.24, 2.45) is 35.0 Å². The lowest BCUT2D eigenvalue weighted by Crippen LogP contribution is -2.33. The van der Waals surface area contributed by atoms with Crippen molar-refractivity contribution in [2.75, 3.05) is 0 Å². The molecule has 2 saturated carbocycles. The second-order valence-electron chi connectivity index (χ2n) is 8.04. The third kappa shape index (κ3) is 2.30. The summed E-state index contributed by atoms with van der Waals surface area (Å²) >= 11 is 0. The fraction of sp³-hybridized carbons (Fsp3) is 0.684. The molecule has 0 unspecified atom stereocenters. The predicted molar refractivity (Wildman–Crippen MR) is 85.1 cm³/mol. The maximum absolute atomic E-state index is 12.7. The zero-order valence-electron chi connectivity index (χ0n) is 13.9. The molecule has 3 nitrogen and oxygen atoms in total. The molecular formula is C19H26O3. The second kappa shape index (κ2) is 5.16. The van der Waals surface area contributed by atoms with E-state index < -0.39 is 12.0 Å². The third-order valence-corrected chi connectivity index (χ3v) is 6.35. The molecule has 0 spiro atoms. The van der Waals surface area contributed by atoms with Crippen LogP contribution in [-0.2, 0) is 9.59 Å². The number of rotatable bonds is 0. The molecule has 6 atom stereocenters. The van der Waals surface area contributed by atoms with Crippen molar-refractivity contribution in [3.05, 3.63) is 23.8 Å². The molecule has 0 saturated heterocycles. The molecule has 3 rings (SSSR count). The average molecular weight is 302 g/mol. The number of aliphatic hydroxyl groups excluding tert-OH is 1. The van der Waals surface area contributed by atoms with Gasteiger partial charge in [-0.05, 0) is 54.6 Å². The van der Waals surface area contributed by atoms with E-state index in [4.69, 9.17) is 0 Å². The minimum atomic E-state index is -0.704. The number of ketones is 2. The number of aliphatic hydroxyl groups is 1. The molecule has 22 heavy (non-hydrogen) atoms. The van der Waals surface area contributed by atoms with Gasteiger partial charge in [0.15, 0.2) is 11.6 Å². The lowest BCUT2D eigenvalue weighted by molar-refractivity contribution is -0.129. The predicted octanol–water partition coefficient (Wildman–Crippen LogP) is 2.94. The highest BCUT2D eigenvalue weighted by Crippen LogP contribution is 2.61. The smallest absolute Gasteiger partial charge is 0.164 e.